The molecular weight excluding hydrogens is 254 g/mol. The van der Waals surface area contributed by atoms with Crippen LogP contribution in [0.4, 0.5) is 5.69 Å². The molecule has 106 valence electrons. The van der Waals surface area contributed by atoms with Gasteiger partial charge in [-0.3, -0.25) is 4.79 Å². The van der Waals surface area contributed by atoms with Gasteiger partial charge in [0.1, 0.15) is 0 Å². The van der Waals surface area contributed by atoms with Crippen LogP contribution in [0.15, 0.2) is 42.0 Å². The molecule has 0 aliphatic heterocycles. The molecule has 1 amide bonds. The molecule has 0 heterocycles. The summed E-state index contributed by atoms with van der Waals surface area (Å²) in [5, 5.41) is 14.0. The number of carboxylic acid groups (broad SMARTS) is 1. The highest BCUT2D eigenvalue weighted by Gasteiger charge is 2.52. The Morgan fingerprint density at radius 3 is 2.25 bits per heavy atom. The molecule has 0 saturated carbocycles. The fourth-order valence-electron chi connectivity index (χ4n) is 2.62. The number of carbonyl (C=O) groups is 2. The molecule has 0 saturated heterocycles. The first kappa shape index (κ1) is 14.3. The Hall–Kier alpha value is -2.10. The molecule has 1 atom stereocenters. The summed E-state index contributed by atoms with van der Waals surface area (Å²) in [5.74, 6) is -1.38. The Morgan fingerprint density at radius 1 is 1.15 bits per heavy atom. The smallest absolute Gasteiger partial charge is 0.231 e. The van der Waals surface area contributed by atoms with Crippen molar-refractivity contribution < 1.29 is 14.7 Å². The van der Waals surface area contributed by atoms with Gasteiger partial charge in [-0.1, -0.05) is 38.1 Å². The van der Waals surface area contributed by atoms with E-state index in [1.54, 1.807) is 39.0 Å². The third-order valence-corrected chi connectivity index (χ3v) is 4.52. The Balaban J connectivity index is 2.25. The molecule has 4 nitrogen and oxygen atoms in total. The maximum atomic E-state index is 12.6. The first-order valence-corrected chi connectivity index (χ1v) is 6.57. The summed E-state index contributed by atoms with van der Waals surface area (Å²) in [5.41, 5.74) is -0.678. The zero-order chi connectivity index (χ0) is 15.0. The molecule has 20 heavy (non-hydrogen) atoms. The molecule has 1 unspecified atom stereocenters. The average Bonchev–Trinajstić information content (AvgIpc) is 2.63. The highest BCUT2D eigenvalue weighted by molar-refractivity contribution is 5.99. The maximum absolute atomic E-state index is 12.6. The zero-order valence-electron chi connectivity index (χ0n) is 11.9. The lowest BCUT2D eigenvalue weighted by Gasteiger charge is -2.39. The monoisotopic (exact) mass is 272 g/mol. The summed E-state index contributed by atoms with van der Waals surface area (Å²) < 4.78 is 0. The number of hydrogen-bond acceptors (Lipinski definition) is 3. The van der Waals surface area contributed by atoms with Crippen LogP contribution in [0.3, 0.4) is 0 Å². The molecule has 2 rings (SSSR count). The van der Waals surface area contributed by atoms with Crippen LogP contribution in [0.25, 0.3) is 0 Å². The zero-order valence-corrected chi connectivity index (χ0v) is 11.9. The molecule has 0 radical (unpaired) electrons. The molecule has 0 spiro atoms. The van der Waals surface area contributed by atoms with E-state index in [0.29, 0.717) is 12.1 Å². The summed E-state index contributed by atoms with van der Waals surface area (Å²) in [4.78, 5) is 23.7. The van der Waals surface area contributed by atoms with Gasteiger partial charge < -0.3 is 15.2 Å². The van der Waals surface area contributed by atoms with Gasteiger partial charge in [0, 0.05) is 11.1 Å². The van der Waals surface area contributed by atoms with Crippen molar-refractivity contribution in [1.29, 1.82) is 0 Å². The van der Waals surface area contributed by atoms with E-state index in [1.807, 2.05) is 18.2 Å². The second-order valence-electron chi connectivity index (χ2n) is 5.89. The predicted octanol–water partition coefficient (Wildman–Crippen LogP) is 1.74. The molecule has 0 bridgehead atoms. The SMILES string of the molecule is CC1(C)C(C(=O)[O-])=CCC1(C)C(=O)Nc1ccccc1. The van der Waals surface area contributed by atoms with Gasteiger partial charge in [0.25, 0.3) is 0 Å². The van der Waals surface area contributed by atoms with E-state index in [1.165, 1.54) is 0 Å². The first-order chi connectivity index (χ1) is 9.29. The minimum Gasteiger partial charge on any atom is -0.545 e. The Morgan fingerprint density at radius 2 is 1.75 bits per heavy atom. The van der Waals surface area contributed by atoms with Gasteiger partial charge in [0.05, 0.1) is 11.4 Å². The van der Waals surface area contributed by atoms with Crippen LogP contribution in [0.2, 0.25) is 0 Å². The largest absolute Gasteiger partial charge is 0.545 e. The maximum Gasteiger partial charge on any atom is 0.231 e. The minimum absolute atomic E-state index is 0.179. The number of rotatable bonds is 3. The highest BCUT2D eigenvalue weighted by atomic mass is 16.4. The lowest BCUT2D eigenvalue weighted by molar-refractivity contribution is -0.300. The summed E-state index contributed by atoms with van der Waals surface area (Å²) in [6.07, 6.45) is 1.99. The van der Waals surface area contributed by atoms with Crippen LogP contribution in [0, 0.1) is 10.8 Å². The van der Waals surface area contributed by atoms with E-state index in [4.69, 9.17) is 0 Å². The standard InChI is InChI=1S/C16H19NO3/c1-15(2)12(13(18)19)9-10-16(15,3)14(20)17-11-7-5-4-6-8-11/h4-9H,10H2,1-3H3,(H,17,20)(H,18,19)/p-1. The molecule has 4 heteroatoms. The molecule has 1 aliphatic carbocycles. The highest BCUT2D eigenvalue weighted by Crippen LogP contribution is 2.52. The summed E-state index contributed by atoms with van der Waals surface area (Å²) in [6.45, 7) is 5.33. The van der Waals surface area contributed by atoms with E-state index in [-0.39, 0.29) is 11.5 Å². The summed E-state index contributed by atoms with van der Waals surface area (Å²) >= 11 is 0. The van der Waals surface area contributed by atoms with E-state index in [0.717, 1.165) is 0 Å². The van der Waals surface area contributed by atoms with E-state index in [9.17, 15) is 14.7 Å². The van der Waals surface area contributed by atoms with Crippen molar-refractivity contribution in [2.24, 2.45) is 10.8 Å². The van der Waals surface area contributed by atoms with Gasteiger partial charge in [0.2, 0.25) is 5.91 Å². The number of benzene rings is 1. The summed E-state index contributed by atoms with van der Waals surface area (Å²) in [6, 6.07) is 9.14. The topological polar surface area (TPSA) is 69.2 Å². The second kappa shape index (κ2) is 4.78. The molecule has 1 N–H and O–H groups in total. The molecule has 0 fully saturated rings. The van der Waals surface area contributed by atoms with Crippen LogP contribution < -0.4 is 10.4 Å². The number of carboxylic acids is 1. The molecule has 1 aliphatic rings. The van der Waals surface area contributed by atoms with Gasteiger partial charge in [-0.15, -0.1) is 0 Å². The van der Waals surface area contributed by atoms with Crippen LogP contribution in [0.5, 0.6) is 0 Å². The van der Waals surface area contributed by atoms with Crippen LogP contribution in [-0.2, 0) is 9.59 Å². The Labute approximate surface area is 118 Å². The minimum atomic E-state index is -1.20. The van der Waals surface area contributed by atoms with Crippen molar-refractivity contribution in [1.82, 2.24) is 0 Å². The lowest BCUT2D eigenvalue weighted by atomic mass is 9.65. The van der Waals surface area contributed by atoms with Gasteiger partial charge >= 0.3 is 0 Å². The molecular formula is C16H18NO3-. The van der Waals surface area contributed by atoms with Crippen molar-refractivity contribution in [3.63, 3.8) is 0 Å². The predicted molar refractivity (Wildman–Crippen MR) is 74.7 cm³/mol. The van der Waals surface area contributed by atoms with E-state index < -0.39 is 16.8 Å². The first-order valence-electron chi connectivity index (χ1n) is 6.57. The molecule has 1 aromatic carbocycles. The second-order valence-corrected chi connectivity index (χ2v) is 5.89. The number of carbonyl (C=O) groups excluding carboxylic acids is 2. The normalized spacial score (nSPS) is 24.1. The van der Waals surface area contributed by atoms with Gasteiger partial charge in [0.15, 0.2) is 0 Å². The third kappa shape index (κ3) is 2.11. The number of allylic oxidation sites excluding steroid dienone is 1. The third-order valence-electron chi connectivity index (χ3n) is 4.52. The summed E-state index contributed by atoms with van der Waals surface area (Å²) in [7, 11) is 0. The van der Waals surface area contributed by atoms with Crippen molar-refractivity contribution >= 4 is 17.6 Å². The molecule has 1 aromatic rings. The fraction of sp³-hybridized carbons (Fsp3) is 0.375. The number of para-hydroxylation sites is 1. The lowest BCUT2D eigenvalue weighted by Crippen LogP contribution is -2.45. The Bertz CT molecular complexity index is 575. The number of nitrogens with one attached hydrogen (secondary N) is 1. The van der Waals surface area contributed by atoms with Crippen molar-refractivity contribution in [3.05, 3.63) is 42.0 Å². The van der Waals surface area contributed by atoms with Crippen LogP contribution >= 0.6 is 0 Å². The fourth-order valence-corrected chi connectivity index (χ4v) is 2.62. The van der Waals surface area contributed by atoms with Gasteiger partial charge in [-0.2, -0.15) is 0 Å². The van der Waals surface area contributed by atoms with Crippen molar-refractivity contribution in [3.8, 4) is 0 Å². The number of hydrogen-bond donors (Lipinski definition) is 1. The average molecular weight is 272 g/mol. The van der Waals surface area contributed by atoms with Crippen LogP contribution in [-0.4, -0.2) is 11.9 Å². The number of aliphatic carboxylic acids is 1. The van der Waals surface area contributed by atoms with Gasteiger partial charge in [-0.05, 0) is 31.1 Å². The van der Waals surface area contributed by atoms with Crippen molar-refractivity contribution in [2.75, 3.05) is 5.32 Å². The van der Waals surface area contributed by atoms with E-state index in [2.05, 4.69) is 5.32 Å². The quantitative estimate of drug-likeness (QED) is 0.911. The number of anilines is 1. The van der Waals surface area contributed by atoms with Crippen molar-refractivity contribution in [2.45, 2.75) is 27.2 Å². The molecule has 0 aromatic heterocycles. The number of amides is 1. The van der Waals surface area contributed by atoms with E-state index >= 15 is 0 Å². The van der Waals surface area contributed by atoms with Crippen LogP contribution in [0.1, 0.15) is 27.2 Å². The van der Waals surface area contributed by atoms with Gasteiger partial charge in [-0.25, -0.2) is 0 Å². The Kier molecular flexibility index (Phi) is 3.42.